The van der Waals surface area contributed by atoms with E-state index in [4.69, 9.17) is 10.6 Å². The molecule has 0 atom stereocenters. The third-order valence-electron chi connectivity index (χ3n) is 2.82. The van der Waals surface area contributed by atoms with Crippen LogP contribution in [0.25, 0.3) is 0 Å². The van der Waals surface area contributed by atoms with Crippen molar-refractivity contribution in [3.63, 3.8) is 0 Å². The number of rotatable bonds is 6. The topological polar surface area (TPSA) is 98.0 Å². The first kappa shape index (κ1) is 14.6. The summed E-state index contributed by atoms with van der Waals surface area (Å²) in [5, 5.41) is 2.30. The maximum atomic E-state index is 12.9. The lowest BCUT2D eigenvalue weighted by atomic mass is 10.3. The molecule has 0 unspecified atom stereocenters. The summed E-state index contributed by atoms with van der Waals surface area (Å²) in [6, 6.07) is -0.0738. The Hall–Kier alpha value is -1.84. The molecule has 1 fully saturated rings. The molecule has 1 heterocycles. The first-order valence-corrected chi connectivity index (χ1v) is 6.10. The van der Waals surface area contributed by atoms with Crippen molar-refractivity contribution in [2.75, 3.05) is 17.3 Å². The Morgan fingerprint density at radius 1 is 1.25 bits per heavy atom. The Kier molecular flexibility index (Phi) is 3.84. The molecule has 2 rings (SSSR count). The molecule has 1 aliphatic carbocycles. The first-order chi connectivity index (χ1) is 9.40. The minimum absolute atomic E-state index is 0.0152. The van der Waals surface area contributed by atoms with E-state index in [-0.39, 0.29) is 30.7 Å². The summed E-state index contributed by atoms with van der Waals surface area (Å²) >= 11 is 0. The summed E-state index contributed by atoms with van der Waals surface area (Å²) in [6.45, 7) is 2.23. The van der Waals surface area contributed by atoms with Crippen LogP contribution in [-0.4, -0.2) is 33.3 Å². The van der Waals surface area contributed by atoms with E-state index < -0.39 is 11.7 Å². The fourth-order valence-corrected chi connectivity index (χ4v) is 1.55. The zero-order valence-corrected chi connectivity index (χ0v) is 10.8. The molecule has 1 aliphatic rings. The van der Waals surface area contributed by atoms with Crippen LogP contribution in [-0.2, 0) is 0 Å². The van der Waals surface area contributed by atoms with Crippen LogP contribution >= 0.6 is 0 Å². The maximum Gasteiger partial charge on any atom is 0.411 e. The highest BCUT2D eigenvalue weighted by Gasteiger charge is 2.64. The standard InChI is InChI=1S/C10H15F3N6O/c1-2-5-20-8-16-6(15-7(17-8)19-14)18-9(3-4-9)10(11,12)13/h2-5,14H2,1H3,(H2,15,16,17,18,19). The number of anilines is 2. The molecule has 0 spiro atoms. The average Bonchev–Trinajstić information content (AvgIpc) is 3.16. The molecule has 4 N–H and O–H groups in total. The van der Waals surface area contributed by atoms with Crippen LogP contribution in [0.2, 0.25) is 0 Å². The van der Waals surface area contributed by atoms with E-state index in [1.807, 2.05) is 6.92 Å². The van der Waals surface area contributed by atoms with Crippen LogP contribution < -0.4 is 21.3 Å². The lowest BCUT2D eigenvalue weighted by Gasteiger charge is -2.20. The third kappa shape index (κ3) is 3.00. The second kappa shape index (κ2) is 5.27. The fourth-order valence-electron chi connectivity index (χ4n) is 1.55. The summed E-state index contributed by atoms with van der Waals surface area (Å²) in [6.07, 6.45) is -3.68. The molecule has 10 heteroatoms. The third-order valence-corrected chi connectivity index (χ3v) is 2.82. The zero-order chi connectivity index (χ0) is 14.8. The molecule has 1 saturated carbocycles. The highest BCUT2D eigenvalue weighted by atomic mass is 19.4. The molecular weight excluding hydrogens is 277 g/mol. The molecule has 0 amide bonds. The lowest BCUT2D eigenvalue weighted by molar-refractivity contribution is -0.151. The van der Waals surface area contributed by atoms with Crippen LogP contribution in [0.5, 0.6) is 6.01 Å². The number of halogens is 3. The number of hydrazine groups is 1. The number of nitrogens with one attached hydrogen (secondary N) is 2. The SMILES string of the molecule is CCCOc1nc(NN)nc(NC2(C(F)(F)F)CC2)n1. The Morgan fingerprint density at radius 3 is 2.40 bits per heavy atom. The van der Waals surface area contributed by atoms with E-state index >= 15 is 0 Å². The molecule has 20 heavy (non-hydrogen) atoms. The van der Waals surface area contributed by atoms with E-state index in [1.165, 1.54) is 0 Å². The predicted octanol–water partition coefficient (Wildman–Crippen LogP) is 1.45. The van der Waals surface area contributed by atoms with Crippen molar-refractivity contribution < 1.29 is 17.9 Å². The molecule has 0 saturated heterocycles. The van der Waals surface area contributed by atoms with E-state index in [0.29, 0.717) is 13.0 Å². The van der Waals surface area contributed by atoms with Crippen LogP contribution in [0.1, 0.15) is 26.2 Å². The van der Waals surface area contributed by atoms with Gasteiger partial charge >= 0.3 is 12.2 Å². The van der Waals surface area contributed by atoms with Crippen molar-refractivity contribution in [1.82, 2.24) is 15.0 Å². The van der Waals surface area contributed by atoms with E-state index in [0.717, 1.165) is 0 Å². The smallest absolute Gasteiger partial charge is 0.411 e. The van der Waals surface area contributed by atoms with Gasteiger partial charge in [0.1, 0.15) is 5.54 Å². The number of nitrogens with zero attached hydrogens (tertiary/aromatic N) is 3. The molecular formula is C10H15F3N6O. The summed E-state index contributed by atoms with van der Waals surface area (Å²) in [5.41, 5.74) is 0.210. The normalized spacial score (nSPS) is 16.6. The van der Waals surface area contributed by atoms with Gasteiger partial charge in [0, 0.05) is 0 Å². The summed E-state index contributed by atoms with van der Waals surface area (Å²) in [4.78, 5) is 11.4. The van der Waals surface area contributed by atoms with Crippen LogP contribution in [0.3, 0.4) is 0 Å². The molecule has 0 radical (unpaired) electrons. The van der Waals surface area contributed by atoms with Gasteiger partial charge in [-0.05, 0) is 19.3 Å². The molecule has 1 aromatic rings. The highest BCUT2D eigenvalue weighted by Crippen LogP contribution is 2.50. The Morgan fingerprint density at radius 2 is 1.90 bits per heavy atom. The summed E-state index contributed by atoms with van der Waals surface area (Å²) in [5.74, 6) is 4.90. The van der Waals surface area contributed by atoms with Crippen LogP contribution in [0.15, 0.2) is 0 Å². The fraction of sp³-hybridized carbons (Fsp3) is 0.700. The van der Waals surface area contributed by atoms with Crippen LogP contribution in [0.4, 0.5) is 25.1 Å². The van der Waals surface area contributed by atoms with Crippen molar-refractivity contribution in [3.05, 3.63) is 0 Å². The number of alkyl halides is 3. The second-order valence-electron chi connectivity index (χ2n) is 4.46. The molecule has 0 aliphatic heterocycles. The molecule has 1 aromatic heterocycles. The second-order valence-corrected chi connectivity index (χ2v) is 4.46. The minimum Gasteiger partial charge on any atom is -0.463 e. The van der Waals surface area contributed by atoms with Gasteiger partial charge < -0.3 is 10.1 Å². The van der Waals surface area contributed by atoms with Gasteiger partial charge in [-0.2, -0.15) is 28.1 Å². The number of nitrogen functional groups attached to an aromatic ring is 1. The van der Waals surface area contributed by atoms with Gasteiger partial charge in [-0.3, -0.25) is 5.43 Å². The van der Waals surface area contributed by atoms with Crippen molar-refractivity contribution in [1.29, 1.82) is 0 Å². The predicted molar refractivity (Wildman–Crippen MR) is 65.1 cm³/mol. The van der Waals surface area contributed by atoms with Gasteiger partial charge in [0.2, 0.25) is 11.9 Å². The molecule has 0 aromatic carbocycles. The molecule has 0 bridgehead atoms. The van der Waals surface area contributed by atoms with Gasteiger partial charge in [-0.1, -0.05) is 6.92 Å². The largest absolute Gasteiger partial charge is 0.463 e. The monoisotopic (exact) mass is 292 g/mol. The van der Waals surface area contributed by atoms with Crippen molar-refractivity contribution >= 4 is 11.9 Å². The maximum absolute atomic E-state index is 12.9. The van der Waals surface area contributed by atoms with Crippen molar-refractivity contribution in [2.24, 2.45) is 5.84 Å². The number of aromatic nitrogens is 3. The minimum atomic E-state index is -4.36. The van der Waals surface area contributed by atoms with Gasteiger partial charge in [-0.25, -0.2) is 5.84 Å². The van der Waals surface area contributed by atoms with Gasteiger partial charge in [0.05, 0.1) is 6.61 Å². The Balaban J connectivity index is 2.19. The lowest BCUT2D eigenvalue weighted by Crippen LogP contribution is -2.39. The Labute approximate surface area is 113 Å². The number of nitrogens with two attached hydrogens (primary N) is 1. The number of hydrogen-bond acceptors (Lipinski definition) is 7. The first-order valence-electron chi connectivity index (χ1n) is 6.10. The zero-order valence-electron chi connectivity index (χ0n) is 10.8. The molecule has 7 nitrogen and oxygen atoms in total. The number of ether oxygens (including phenoxy) is 1. The average molecular weight is 292 g/mol. The summed E-state index contributed by atoms with van der Waals surface area (Å²) < 4.78 is 43.8. The van der Waals surface area contributed by atoms with Gasteiger partial charge in [0.25, 0.3) is 0 Å². The Bertz CT molecular complexity index is 477. The van der Waals surface area contributed by atoms with Gasteiger partial charge in [0.15, 0.2) is 0 Å². The highest BCUT2D eigenvalue weighted by molar-refractivity contribution is 5.40. The summed E-state index contributed by atoms with van der Waals surface area (Å²) in [7, 11) is 0. The van der Waals surface area contributed by atoms with Crippen molar-refractivity contribution in [2.45, 2.75) is 37.9 Å². The van der Waals surface area contributed by atoms with E-state index in [1.54, 1.807) is 0 Å². The molecule has 112 valence electrons. The van der Waals surface area contributed by atoms with Crippen LogP contribution in [0, 0.1) is 0 Å². The van der Waals surface area contributed by atoms with Gasteiger partial charge in [-0.15, -0.1) is 0 Å². The van der Waals surface area contributed by atoms with Crippen molar-refractivity contribution in [3.8, 4) is 6.01 Å². The van der Waals surface area contributed by atoms with E-state index in [2.05, 4.69) is 25.7 Å². The number of hydrogen-bond donors (Lipinski definition) is 3. The quantitative estimate of drug-likeness (QED) is 0.539. The van der Waals surface area contributed by atoms with E-state index in [9.17, 15) is 13.2 Å².